The summed E-state index contributed by atoms with van der Waals surface area (Å²) in [4.78, 5) is 15.0. The molecule has 5 nitrogen and oxygen atoms in total. The number of hydrogen-bond donors (Lipinski definition) is 1. The summed E-state index contributed by atoms with van der Waals surface area (Å²) in [6.07, 6.45) is 4.18. The molecular formula is C23H30N2O3. The van der Waals surface area contributed by atoms with Gasteiger partial charge in [0, 0.05) is 35.7 Å². The zero-order valence-corrected chi connectivity index (χ0v) is 17.3. The number of esters is 1. The van der Waals surface area contributed by atoms with Crippen molar-refractivity contribution in [3.8, 4) is 0 Å². The van der Waals surface area contributed by atoms with Crippen molar-refractivity contribution in [3.63, 3.8) is 0 Å². The van der Waals surface area contributed by atoms with Crippen LogP contribution in [0.4, 0.5) is 0 Å². The van der Waals surface area contributed by atoms with E-state index in [1.165, 1.54) is 27.6 Å². The minimum Gasteiger partial charge on any atom is -0.459 e. The SMILES string of the molecule is CC(O)C(C)OC(=O)[C@@H]1C=C2c3cccc4c3c(cn4C(C)C)C[C@H]2N(C)C1. The van der Waals surface area contributed by atoms with Gasteiger partial charge in [0.2, 0.25) is 0 Å². The first-order valence-corrected chi connectivity index (χ1v) is 10.2. The molecule has 0 fully saturated rings. The molecule has 2 unspecified atom stereocenters. The van der Waals surface area contributed by atoms with E-state index in [9.17, 15) is 9.90 Å². The van der Waals surface area contributed by atoms with Crippen molar-refractivity contribution in [2.24, 2.45) is 5.92 Å². The highest BCUT2D eigenvalue weighted by Gasteiger charge is 2.37. The van der Waals surface area contributed by atoms with Crippen LogP contribution in [0.5, 0.6) is 0 Å². The number of benzene rings is 1. The number of hydrogen-bond acceptors (Lipinski definition) is 4. The molecule has 1 N–H and O–H groups in total. The monoisotopic (exact) mass is 382 g/mol. The summed E-state index contributed by atoms with van der Waals surface area (Å²) in [5.41, 5.74) is 5.10. The van der Waals surface area contributed by atoms with E-state index >= 15 is 0 Å². The van der Waals surface area contributed by atoms with Crippen LogP contribution in [0.15, 0.2) is 30.5 Å². The molecule has 0 saturated heterocycles. The van der Waals surface area contributed by atoms with E-state index in [-0.39, 0.29) is 17.9 Å². The van der Waals surface area contributed by atoms with Crippen LogP contribution in [0.2, 0.25) is 0 Å². The first kappa shape index (κ1) is 19.2. The maximum Gasteiger partial charge on any atom is 0.314 e. The van der Waals surface area contributed by atoms with Crippen molar-refractivity contribution in [1.29, 1.82) is 0 Å². The van der Waals surface area contributed by atoms with Gasteiger partial charge in [-0.05, 0) is 63.9 Å². The molecule has 4 atom stereocenters. The van der Waals surface area contributed by atoms with Gasteiger partial charge in [-0.1, -0.05) is 18.2 Å². The van der Waals surface area contributed by atoms with Gasteiger partial charge in [-0.15, -0.1) is 0 Å². The largest absolute Gasteiger partial charge is 0.459 e. The second kappa shape index (κ2) is 7.05. The van der Waals surface area contributed by atoms with E-state index in [4.69, 9.17) is 4.74 Å². The molecule has 2 heterocycles. The number of carbonyl (C=O) groups excluding carboxylic acids is 1. The molecule has 0 saturated carbocycles. The summed E-state index contributed by atoms with van der Waals surface area (Å²) >= 11 is 0. The zero-order valence-electron chi connectivity index (χ0n) is 17.3. The Morgan fingerprint density at radius 2 is 2.00 bits per heavy atom. The molecule has 4 rings (SSSR count). The van der Waals surface area contributed by atoms with Gasteiger partial charge in [0.15, 0.2) is 0 Å². The summed E-state index contributed by atoms with van der Waals surface area (Å²) in [6.45, 7) is 8.42. The molecule has 28 heavy (non-hydrogen) atoms. The van der Waals surface area contributed by atoms with E-state index in [0.717, 1.165) is 6.42 Å². The van der Waals surface area contributed by atoms with Gasteiger partial charge in [-0.3, -0.25) is 9.69 Å². The van der Waals surface area contributed by atoms with Gasteiger partial charge >= 0.3 is 5.97 Å². The molecule has 1 aromatic carbocycles. The molecule has 2 aliphatic rings. The Morgan fingerprint density at radius 1 is 1.25 bits per heavy atom. The maximum absolute atomic E-state index is 12.7. The minimum atomic E-state index is -0.674. The summed E-state index contributed by atoms with van der Waals surface area (Å²) in [6, 6.07) is 7.16. The van der Waals surface area contributed by atoms with E-state index in [1.807, 2.05) is 0 Å². The van der Waals surface area contributed by atoms with E-state index < -0.39 is 12.2 Å². The van der Waals surface area contributed by atoms with Gasteiger partial charge in [0.1, 0.15) is 6.10 Å². The molecule has 0 amide bonds. The molecular weight excluding hydrogens is 352 g/mol. The summed E-state index contributed by atoms with van der Waals surface area (Å²) in [5.74, 6) is -0.578. The third-order valence-electron chi connectivity index (χ3n) is 6.26. The number of fused-ring (bicyclic) bond motifs is 2. The zero-order chi connectivity index (χ0) is 20.2. The Bertz CT molecular complexity index is 941. The number of likely N-dealkylation sites (N-methyl/N-ethyl adjacent to an activating group) is 1. The highest BCUT2D eigenvalue weighted by molar-refractivity contribution is 5.99. The predicted octanol–water partition coefficient (Wildman–Crippen LogP) is 3.40. The summed E-state index contributed by atoms with van der Waals surface area (Å²) in [7, 11) is 2.08. The first-order valence-electron chi connectivity index (χ1n) is 10.2. The molecule has 1 aliphatic carbocycles. The number of aliphatic hydroxyl groups is 1. The van der Waals surface area contributed by atoms with Crippen molar-refractivity contribution in [2.45, 2.75) is 58.4 Å². The van der Waals surface area contributed by atoms with Crippen LogP contribution in [0.3, 0.4) is 0 Å². The van der Waals surface area contributed by atoms with Crippen LogP contribution in [-0.4, -0.2) is 52.4 Å². The second-order valence-electron chi connectivity index (χ2n) is 8.63. The van der Waals surface area contributed by atoms with E-state index in [2.05, 4.69) is 60.8 Å². The van der Waals surface area contributed by atoms with Crippen LogP contribution in [0.1, 0.15) is 44.9 Å². The van der Waals surface area contributed by atoms with Crippen LogP contribution in [0.25, 0.3) is 16.5 Å². The van der Waals surface area contributed by atoms with Crippen molar-refractivity contribution in [2.75, 3.05) is 13.6 Å². The number of rotatable bonds is 4. The Kier molecular flexibility index (Phi) is 4.84. The lowest BCUT2D eigenvalue weighted by Gasteiger charge is -2.39. The average Bonchev–Trinajstić information content (AvgIpc) is 3.02. The number of aliphatic hydroxyl groups excluding tert-OH is 1. The highest BCUT2D eigenvalue weighted by atomic mass is 16.6. The van der Waals surface area contributed by atoms with Gasteiger partial charge < -0.3 is 14.4 Å². The number of nitrogens with zero attached hydrogens (tertiary/aromatic N) is 2. The Morgan fingerprint density at radius 3 is 2.68 bits per heavy atom. The minimum absolute atomic E-state index is 0.260. The lowest BCUT2D eigenvalue weighted by Crippen LogP contribution is -2.45. The van der Waals surface area contributed by atoms with Crippen molar-refractivity contribution < 1.29 is 14.6 Å². The number of aromatic nitrogens is 1. The smallest absolute Gasteiger partial charge is 0.314 e. The first-order chi connectivity index (χ1) is 13.3. The topological polar surface area (TPSA) is 54.7 Å². The van der Waals surface area contributed by atoms with Crippen LogP contribution in [-0.2, 0) is 16.0 Å². The van der Waals surface area contributed by atoms with Crippen molar-refractivity contribution in [3.05, 3.63) is 41.6 Å². The van der Waals surface area contributed by atoms with Gasteiger partial charge in [-0.25, -0.2) is 0 Å². The molecule has 5 heteroatoms. The maximum atomic E-state index is 12.7. The van der Waals surface area contributed by atoms with Crippen molar-refractivity contribution in [1.82, 2.24) is 9.47 Å². The quantitative estimate of drug-likeness (QED) is 0.824. The number of ether oxygens (including phenoxy) is 1. The van der Waals surface area contributed by atoms with Gasteiger partial charge in [0.25, 0.3) is 0 Å². The van der Waals surface area contributed by atoms with Crippen LogP contribution >= 0.6 is 0 Å². The summed E-state index contributed by atoms with van der Waals surface area (Å²) < 4.78 is 7.84. The van der Waals surface area contributed by atoms with E-state index in [1.54, 1.807) is 13.8 Å². The molecule has 1 aromatic heterocycles. The van der Waals surface area contributed by atoms with Crippen LogP contribution in [0, 0.1) is 5.92 Å². The Labute approximate surface area is 166 Å². The van der Waals surface area contributed by atoms with Gasteiger partial charge in [-0.2, -0.15) is 0 Å². The fraction of sp³-hybridized carbons (Fsp3) is 0.522. The fourth-order valence-corrected chi connectivity index (χ4v) is 4.53. The fourth-order valence-electron chi connectivity index (χ4n) is 4.53. The Hall–Kier alpha value is -2.11. The van der Waals surface area contributed by atoms with E-state index in [0.29, 0.717) is 12.6 Å². The van der Waals surface area contributed by atoms with Gasteiger partial charge in [0.05, 0.1) is 12.0 Å². The molecule has 1 aliphatic heterocycles. The van der Waals surface area contributed by atoms with Crippen molar-refractivity contribution >= 4 is 22.4 Å². The normalized spacial score (nSPS) is 24.0. The molecule has 0 radical (unpaired) electrons. The van der Waals surface area contributed by atoms with Crippen LogP contribution < -0.4 is 0 Å². The molecule has 0 spiro atoms. The second-order valence-corrected chi connectivity index (χ2v) is 8.63. The molecule has 2 aromatic rings. The number of carbonyl (C=O) groups is 1. The third kappa shape index (κ3) is 3.07. The average molecular weight is 383 g/mol. The lowest BCUT2D eigenvalue weighted by atomic mass is 9.80. The molecule has 150 valence electrons. The highest BCUT2D eigenvalue weighted by Crippen LogP contribution is 2.42. The predicted molar refractivity (Wildman–Crippen MR) is 111 cm³/mol. The lowest BCUT2D eigenvalue weighted by molar-refractivity contribution is -0.157. The molecule has 0 bridgehead atoms. The standard InChI is InChI=1S/C23H30N2O3/c1-13(2)25-12-16-10-21-19(18-7-6-8-20(25)22(16)18)9-17(11-24(21)5)23(27)28-15(4)14(3)26/h6-9,12-15,17,21,26H,10-11H2,1-5H3/t14?,15?,17-,21-/m1/s1. The Balaban J connectivity index is 1.76. The third-order valence-corrected chi connectivity index (χ3v) is 6.26. The summed E-state index contributed by atoms with van der Waals surface area (Å²) in [5, 5.41) is 11.0.